The van der Waals surface area contributed by atoms with Gasteiger partial charge >= 0.3 is 12.1 Å². The number of esters is 1. The van der Waals surface area contributed by atoms with E-state index in [1.165, 1.54) is 29.0 Å². The van der Waals surface area contributed by atoms with E-state index in [4.69, 9.17) is 9.47 Å². The molecule has 0 saturated heterocycles. The molecule has 0 saturated carbocycles. The second kappa shape index (κ2) is 10.4. The van der Waals surface area contributed by atoms with Crippen molar-refractivity contribution in [3.8, 4) is 5.75 Å². The summed E-state index contributed by atoms with van der Waals surface area (Å²) in [5.41, 5.74) is -1.68. The largest absolute Gasteiger partial charge is 0.484 e. The zero-order valence-corrected chi connectivity index (χ0v) is 22.3. The van der Waals surface area contributed by atoms with Crippen LogP contribution in [0.3, 0.4) is 0 Å². The van der Waals surface area contributed by atoms with Crippen LogP contribution < -0.4 is 14.6 Å². The molecule has 0 amide bonds. The van der Waals surface area contributed by atoms with Gasteiger partial charge in [-0.05, 0) is 62.7 Å². The van der Waals surface area contributed by atoms with E-state index in [9.17, 15) is 31.2 Å². The molecule has 0 aliphatic carbocycles. The summed E-state index contributed by atoms with van der Waals surface area (Å²) in [6.07, 6.45) is -4.22. The maximum absolute atomic E-state index is 13.8. The van der Waals surface area contributed by atoms with Gasteiger partial charge in [-0.2, -0.15) is 13.2 Å². The van der Waals surface area contributed by atoms with Crippen LogP contribution in [-0.4, -0.2) is 37.2 Å². The molecule has 1 aliphatic rings. The van der Waals surface area contributed by atoms with E-state index < -0.39 is 44.3 Å². The number of benzene rings is 2. The van der Waals surface area contributed by atoms with Crippen molar-refractivity contribution >= 4 is 21.7 Å². The number of alkyl halides is 3. The van der Waals surface area contributed by atoms with Crippen LogP contribution in [0.5, 0.6) is 5.75 Å². The van der Waals surface area contributed by atoms with Gasteiger partial charge in [0, 0.05) is 12.3 Å². The summed E-state index contributed by atoms with van der Waals surface area (Å²) in [6, 6.07) is 12.5. The number of carbonyl (C=O) groups excluding carboxylic acids is 1. The van der Waals surface area contributed by atoms with Crippen LogP contribution in [0, 0.1) is 0 Å². The zero-order valence-electron chi connectivity index (χ0n) is 21.4. The molecule has 1 atom stereocenters. The van der Waals surface area contributed by atoms with Gasteiger partial charge in [-0.15, -0.1) is 0 Å². The van der Waals surface area contributed by atoms with Crippen LogP contribution in [0.2, 0.25) is 0 Å². The quantitative estimate of drug-likeness (QED) is 0.412. The number of hydrogen-bond donors (Lipinski definition) is 0. The monoisotopic (exact) mass is 564 g/mol. The third kappa shape index (κ3) is 6.62. The number of rotatable bonds is 6. The van der Waals surface area contributed by atoms with Gasteiger partial charge in [0.25, 0.3) is 15.6 Å². The first kappa shape index (κ1) is 28.2. The number of carbonyl (C=O) groups is 1. The van der Waals surface area contributed by atoms with E-state index in [0.717, 1.165) is 22.5 Å². The maximum atomic E-state index is 13.8. The fraction of sp³-hybridized carbons (Fsp3) is 0.333. The molecule has 8 nitrogen and oxygen atoms in total. The molecule has 0 unspecified atom stereocenters. The van der Waals surface area contributed by atoms with Gasteiger partial charge in [-0.25, -0.2) is 8.42 Å². The molecule has 208 valence electrons. The number of fused-ring (bicyclic) bond motifs is 1. The standard InChI is InChI=1S/C27H27F3N2O6S/c1-26(2,3)38-25(34)14-18-10-11-23-22(13-18)32(17-20(37-23)16-31-12-5-4-9-24(31)33)39(35,36)21-8-6-7-19(15-21)27(28,29)30/h4-13,15,20H,14,16-17H2,1-3H3/t20-/m0/s1. The molecule has 3 aromatic rings. The van der Waals surface area contributed by atoms with Crippen molar-refractivity contribution in [3.63, 3.8) is 0 Å². The molecule has 1 aliphatic heterocycles. The summed E-state index contributed by atoms with van der Waals surface area (Å²) in [6.45, 7) is 4.85. The van der Waals surface area contributed by atoms with Gasteiger partial charge in [0.15, 0.2) is 0 Å². The Balaban J connectivity index is 1.75. The molecule has 2 heterocycles. The summed E-state index contributed by atoms with van der Waals surface area (Å²) in [5, 5.41) is 0. The molecule has 0 N–H and O–H groups in total. The number of halogens is 3. The smallest absolute Gasteiger partial charge is 0.416 e. The highest BCUT2D eigenvalue weighted by Gasteiger charge is 2.37. The van der Waals surface area contributed by atoms with Crippen molar-refractivity contribution in [1.29, 1.82) is 0 Å². The van der Waals surface area contributed by atoms with E-state index in [2.05, 4.69) is 0 Å². The summed E-state index contributed by atoms with van der Waals surface area (Å²) in [7, 11) is -4.52. The minimum atomic E-state index is -4.74. The molecule has 1 aromatic heterocycles. The van der Waals surface area contributed by atoms with Gasteiger partial charge in [0.1, 0.15) is 17.5 Å². The first-order chi connectivity index (χ1) is 18.1. The lowest BCUT2D eigenvalue weighted by Gasteiger charge is -2.36. The average molecular weight is 565 g/mol. The topological polar surface area (TPSA) is 94.9 Å². The van der Waals surface area contributed by atoms with E-state index in [0.29, 0.717) is 11.6 Å². The Kier molecular flexibility index (Phi) is 7.53. The molecule has 2 aromatic carbocycles. The maximum Gasteiger partial charge on any atom is 0.416 e. The van der Waals surface area contributed by atoms with Crippen LogP contribution >= 0.6 is 0 Å². The number of hydrogen-bond acceptors (Lipinski definition) is 6. The highest BCUT2D eigenvalue weighted by Crippen LogP contribution is 2.39. The number of anilines is 1. The Labute approximate surface area is 223 Å². The van der Waals surface area contributed by atoms with Crippen molar-refractivity contribution in [2.45, 2.75) is 56.5 Å². The first-order valence-electron chi connectivity index (χ1n) is 12.0. The average Bonchev–Trinajstić information content (AvgIpc) is 2.83. The van der Waals surface area contributed by atoms with Crippen molar-refractivity contribution in [2.75, 3.05) is 10.8 Å². The Morgan fingerprint density at radius 3 is 2.46 bits per heavy atom. The summed E-state index contributed by atoms with van der Waals surface area (Å²) < 4.78 is 81.3. The Bertz CT molecular complexity index is 1540. The summed E-state index contributed by atoms with van der Waals surface area (Å²) >= 11 is 0. The molecule has 0 bridgehead atoms. The summed E-state index contributed by atoms with van der Waals surface area (Å²) in [4.78, 5) is 24.1. The number of nitrogens with zero attached hydrogens (tertiary/aromatic N) is 2. The van der Waals surface area contributed by atoms with E-state index in [1.54, 1.807) is 39.0 Å². The lowest BCUT2D eigenvalue weighted by atomic mass is 10.1. The van der Waals surface area contributed by atoms with Crippen LogP contribution in [0.4, 0.5) is 18.9 Å². The molecular weight excluding hydrogens is 537 g/mol. The molecule has 0 spiro atoms. The second-order valence-corrected chi connectivity index (χ2v) is 11.9. The lowest BCUT2D eigenvalue weighted by Crippen LogP contribution is -2.46. The molecule has 39 heavy (non-hydrogen) atoms. The van der Waals surface area contributed by atoms with E-state index in [-0.39, 0.29) is 36.5 Å². The van der Waals surface area contributed by atoms with Crippen LogP contribution in [-0.2, 0) is 38.7 Å². The zero-order chi connectivity index (χ0) is 28.6. The molecule has 0 radical (unpaired) electrons. The number of pyridine rings is 1. The third-order valence-electron chi connectivity index (χ3n) is 5.77. The van der Waals surface area contributed by atoms with Crippen molar-refractivity contribution in [1.82, 2.24) is 4.57 Å². The van der Waals surface area contributed by atoms with Gasteiger partial charge < -0.3 is 14.0 Å². The van der Waals surface area contributed by atoms with E-state index in [1.807, 2.05) is 0 Å². The second-order valence-electron chi connectivity index (χ2n) is 10.1. The van der Waals surface area contributed by atoms with E-state index >= 15 is 0 Å². The minimum Gasteiger partial charge on any atom is -0.484 e. The van der Waals surface area contributed by atoms with Crippen LogP contribution in [0.15, 0.2) is 76.6 Å². The lowest BCUT2D eigenvalue weighted by molar-refractivity contribution is -0.153. The molecule has 4 rings (SSSR count). The van der Waals surface area contributed by atoms with Crippen LogP contribution in [0.25, 0.3) is 0 Å². The third-order valence-corrected chi connectivity index (χ3v) is 7.55. The van der Waals surface area contributed by atoms with Gasteiger partial charge in [-0.3, -0.25) is 13.9 Å². The number of sulfonamides is 1. The van der Waals surface area contributed by atoms with Crippen molar-refractivity contribution in [3.05, 3.63) is 88.3 Å². The predicted molar refractivity (Wildman–Crippen MR) is 137 cm³/mol. The highest BCUT2D eigenvalue weighted by molar-refractivity contribution is 7.92. The molecule has 0 fully saturated rings. The van der Waals surface area contributed by atoms with Gasteiger partial charge in [0.05, 0.1) is 35.7 Å². The Morgan fingerprint density at radius 1 is 1.05 bits per heavy atom. The first-order valence-corrected chi connectivity index (χ1v) is 13.4. The predicted octanol–water partition coefficient (Wildman–Crippen LogP) is 4.41. The fourth-order valence-electron chi connectivity index (χ4n) is 4.13. The number of ether oxygens (including phenoxy) is 2. The Morgan fingerprint density at radius 2 is 1.79 bits per heavy atom. The van der Waals surface area contributed by atoms with Crippen molar-refractivity contribution in [2.24, 2.45) is 0 Å². The molecule has 12 heteroatoms. The van der Waals surface area contributed by atoms with Crippen molar-refractivity contribution < 1.29 is 35.9 Å². The van der Waals surface area contributed by atoms with Crippen LogP contribution in [0.1, 0.15) is 31.9 Å². The summed E-state index contributed by atoms with van der Waals surface area (Å²) in [5.74, 6) is -0.397. The molecular formula is C27H27F3N2O6S. The normalized spacial score (nSPS) is 15.8. The highest BCUT2D eigenvalue weighted by atomic mass is 32.2. The fourth-order valence-corrected chi connectivity index (χ4v) is 5.67. The Hall–Kier alpha value is -3.80. The van der Waals surface area contributed by atoms with Gasteiger partial charge in [-0.1, -0.05) is 18.2 Å². The SMILES string of the molecule is CC(C)(C)OC(=O)Cc1ccc2c(c1)N(S(=O)(=O)c1cccc(C(F)(F)F)c1)C[C@H](Cn1ccccc1=O)O2. The number of aromatic nitrogens is 1. The minimum absolute atomic E-state index is 0.00656. The van der Waals surface area contributed by atoms with Gasteiger partial charge in [0.2, 0.25) is 0 Å².